The maximum atomic E-state index is 12.3. The third-order valence-electron chi connectivity index (χ3n) is 3.46. The minimum Gasteiger partial charge on any atom is -0.465 e. The van der Waals surface area contributed by atoms with Gasteiger partial charge >= 0.3 is 5.97 Å². The van der Waals surface area contributed by atoms with Crippen molar-refractivity contribution in [3.05, 3.63) is 47.2 Å². The van der Waals surface area contributed by atoms with E-state index in [0.29, 0.717) is 28.6 Å². The summed E-state index contributed by atoms with van der Waals surface area (Å²) in [5, 5.41) is 2.72. The van der Waals surface area contributed by atoms with Gasteiger partial charge in [0.1, 0.15) is 5.76 Å². The summed E-state index contributed by atoms with van der Waals surface area (Å²) in [6, 6.07) is 6.69. The van der Waals surface area contributed by atoms with Crippen LogP contribution in [0.5, 0.6) is 0 Å². The zero-order chi connectivity index (χ0) is 17.9. The Morgan fingerprint density at radius 2 is 1.92 bits per heavy atom. The maximum Gasteiger partial charge on any atom is 0.339 e. The first kappa shape index (κ1) is 17.7. The van der Waals surface area contributed by atoms with Crippen LogP contribution in [0.2, 0.25) is 0 Å². The maximum absolute atomic E-state index is 12.3. The van der Waals surface area contributed by atoms with Gasteiger partial charge in [-0.2, -0.15) is 0 Å². The van der Waals surface area contributed by atoms with Gasteiger partial charge in [-0.15, -0.1) is 0 Å². The number of benzene rings is 1. The number of carbonyl (C=O) groups excluding carboxylic acids is 2. The van der Waals surface area contributed by atoms with Crippen molar-refractivity contribution < 1.29 is 18.7 Å². The molecule has 0 unspecified atom stereocenters. The van der Waals surface area contributed by atoms with E-state index in [0.717, 1.165) is 0 Å². The molecule has 0 saturated heterocycles. The molecule has 0 spiro atoms. The van der Waals surface area contributed by atoms with Crippen LogP contribution in [0, 0.1) is 6.92 Å². The monoisotopic (exact) mass is 330 g/mol. The summed E-state index contributed by atoms with van der Waals surface area (Å²) in [5.41, 5.74) is 1.17. The minimum atomic E-state index is -0.503. The topological polar surface area (TPSA) is 81.4 Å². The molecule has 6 heteroatoms. The van der Waals surface area contributed by atoms with Crippen LogP contribution in [0.1, 0.15) is 48.5 Å². The molecule has 0 bridgehead atoms. The lowest BCUT2D eigenvalue weighted by Crippen LogP contribution is -2.17. The van der Waals surface area contributed by atoms with Gasteiger partial charge in [0.25, 0.3) is 0 Å². The minimum absolute atomic E-state index is 0.0461. The van der Waals surface area contributed by atoms with E-state index in [-0.39, 0.29) is 17.7 Å². The van der Waals surface area contributed by atoms with Crippen molar-refractivity contribution in [1.82, 2.24) is 4.98 Å². The molecule has 1 heterocycles. The number of methoxy groups -OCH3 is 1. The Balaban J connectivity index is 2.15. The van der Waals surface area contributed by atoms with Crippen LogP contribution >= 0.6 is 0 Å². The van der Waals surface area contributed by atoms with Gasteiger partial charge in [-0.25, -0.2) is 9.78 Å². The predicted molar refractivity (Wildman–Crippen MR) is 90.1 cm³/mol. The van der Waals surface area contributed by atoms with Crippen LogP contribution in [0.4, 0.5) is 5.69 Å². The lowest BCUT2D eigenvalue weighted by Gasteiger charge is -2.12. The Kier molecular flexibility index (Phi) is 5.07. The van der Waals surface area contributed by atoms with Crippen molar-refractivity contribution in [2.75, 3.05) is 12.4 Å². The third kappa shape index (κ3) is 4.01. The van der Waals surface area contributed by atoms with E-state index in [2.05, 4.69) is 10.3 Å². The number of amides is 1. The third-order valence-corrected chi connectivity index (χ3v) is 3.46. The fourth-order valence-electron chi connectivity index (χ4n) is 2.13. The number of oxazole rings is 1. The highest BCUT2D eigenvalue weighted by atomic mass is 16.5. The van der Waals surface area contributed by atoms with Crippen molar-refractivity contribution in [3.63, 3.8) is 0 Å². The van der Waals surface area contributed by atoms with E-state index in [9.17, 15) is 9.59 Å². The molecule has 6 nitrogen and oxygen atoms in total. The summed E-state index contributed by atoms with van der Waals surface area (Å²) in [7, 11) is 1.30. The van der Waals surface area contributed by atoms with Crippen molar-refractivity contribution in [1.29, 1.82) is 0 Å². The highest BCUT2D eigenvalue weighted by Gasteiger charge is 2.23. The highest BCUT2D eigenvalue weighted by molar-refractivity contribution is 6.01. The van der Waals surface area contributed by atoms with Gasteiger partial charge in [-0.1, -0.05) is 32.9 Å². The number of para-hydroxylation sites is 1. The van der Waals surface area contributed by atoms with Crippen molar-refractivity contribution in [2.24, 2.45) is 0 Å². The number of aryl methyl sites for hydroxylation is 1. The average molecular weight is 330 g/mol. The molecule has 0 saturated carbocycles. The first-order valence-corrected chi connectivity index (χ1v) is 7.66. The molecule has 1 N–H and O–H groups in total. The second kappa shape index (κ2) is 6.86. The first-order chi connectivity index (χ1) is 11.2. The molecule has 1 aromatic heterocycles. The van der Waals surface area contributed by atoms with Crippen LogP contribution < -0.4 is 5.32 Å². The number of aromatic nitrogens is 1. The number of rotatable bonds is 4. The fraction of sp³-hybridized carbons (Fsp3) is 0.389. The number of nitrogens with zero attached hydrogens (tertiary/aromatic N) is 1. The molecule has 0 fully saturated rings. The SMILES string of the molecule is COC(=O)c1ccccc1NC(=O)Cc1oc(C(C)(C)C)nc1C. The molecule has 2 aromatic rings. The lowest BCUT2D eigenvalue weighted by atomic mass is 9.97. The quantitative estimate of drug-likeness (QED) is 0.870. The van der Waals surface area contributed by atoms with Gasteiger partial charge in [0, 0.05) is 5.41 Å². The summed E-state index contributed by atoms with van der Waals surface area (Å²) in [6.45, 7) is 7.79. The zero-order valence-corrected chi connectivity index (χ0v) is 14.6. The number of nitrogens with one attached hydrogen (secondary N) is 1. The summed E-state index contributed by atoms with van der Waals surface area (Å²) in [4.78, 5) is 28.4. The Hall–Kier alpha value is -2.63. The molecule has 0 aliphatic carbocycles. The summed E-state index contributed by atoms with van der Waals surface area (Å²) >= 11 is 0. The Morgan fingerprint density at radius 3 is 2.50 bits per heavy atom. The van der Waals surface area contributed by atoms with Crippen LogP contribution in [-0.2, 0) is 21.4 Å². The van der Waals surface area contributed by atoms with Crippen molar-refractivity contribution >= 4 is 17.6 Å². The molecule has 0 aliphatic rings. The van der Waals surface area contributed by atoms with Gasteiger partial charge in [0.2, 0.25) is 5.91 Å². The largest absolute Gasteiger partial charge is 0.465 e. The van der Waals surface area contributed by atoms with Crippen molar-refractivity contribution in [3.8, 4) is 0 Å². The van der Waals surface area contributed by atoms with E-state index < -0.39 is 5.97 Å². The zero-order valence-electron chi connectivity index (χ0n) is 14.6. The molecule has 1 amide bonds. The average Bonchev–Trinajstić information content (AvgIpc) is 2.88. The van der Waals surface area contributed by atoms with Gasteiger partial charge in [-0.05, 0) is 19.1 Å². The Labute approximate surface area is 141 Å². The van der Waals surface area contributed by atoms with E-state index in [4.69, 9.17) is 9.15 Å². The Bertz CT molecular complexity index is 757. The van der Waals surface area contributed by atoms with E-state index in [1.54, 1.807) is 24.3 Å². The number of hydrogen-bond acceptors (Lipinski definition) is 5. The summed E-state index contributed by atoms with van der Waals surface area (Å²) < 4.78 is 10.4. The standard InChI is InChI=1S/C18H22N2O4/c1-11-14(24-17(19-11)18(2,3)4)10-15(21)20-13-9-7-6-8-12(13)16(22)23-5/h6-9H,10H2,1-5H3,(H,20,21). The normalized spacial score (nSPS) is 11.2. The molecular formula is C18H22N2O4. The van der Waals surface area contributed by atoms with Crippen molar-refractivity contribution in [2.45, 2.75) is 39.5 Å². The molecule has 24 heavy (non-hydrogen) atoms. The second-order valence-electron chi connectivity index (χ2n) is 6.54. The second-order valence-corrected chi connectivity index (χ2v) is 6.54. The molecule has 2 rings (SSSR count). The fourth-order valence-corrected chi connectivity index (χ4v) is 2.13. The molecule has 0 aliphatic heterocycles. The predicted octanol–water partition coefficient (Wildman–Crippen LogP) is 3.25. The molecule has 1 aromatic carbocycles. The van der Waals surface area contributed by atoms with E-state index in [1.165, 1.54) is 7.11 Å². The van der Waals surface area contributed by atoms with Crippen LogP contribution in [-0.4, -0.2) is 24.0 Å². The van der Waals surface area contributed by atoms with Gasteiger partial charge in [-0.3, -0.25) is 4.79 Å². The lowest BCUT2D eigenvalue weighted by molar-refractivity contribution is -0.115. The van der Waals surface area contributed by atoms with Gasteiger partial charge in [0.15, 0.2) is 5.89 Å². The van der Waals surface area contributed by atoms with E-state index >= 15 is 0 Å². The summed E-state index contributed by atoms with van der Waals surface area (Å²) in [5.74, 6) is 0.327. The molecule has 0 radical (unpaired) electrons. The number of esters is 1. The number of carbonyl (C=O) groups is 2. The molecule has 128 valence electrons. The molecule has 0 atom stereocenters. The van der Waals surface area contributed by atoms with Gasteiger partial charge in [0.05, 0.1) is 30.5 Å². The van der Waals surface area contributed by atoms with Crippen LogP contribution in [0.25, 0.3) is 0 Å². The highest BCUT2D eigenvalue weighted by Crippen LogP contribution is 2.24. The van der Waals surface area contributed by atoms with Gasteiger partial charge < -0.3 is 14.5 Å². The molecular weight excluding hydrogens is 308 g/mol. The van der Waals surface area contributed by atoms with Crippen LogP contribution in [0.3, 0.4) is 0 Å². The summed E-state index contributed by atoms with van der Waals surface area (Å²) in [6.07, 6.45) is 0.0461. The smallest absolute Gasteiger partial charge is 0.339 e. The van der Waals surface area contributed by atoms with Crippen LogP contribution in [0.15, 0.2) is 28.7 Å². The first-order valence-electron chi connectivity index (χ1n) is 7.66. The number of anilines is 1. The number of ether oxygens (including phenoxy) is 1. The Morgan fingerprint density at radius 1 is 1.25 bits per heavy atom. The van der Waals surface area contributed by atoms with E-state index in [1.807, 2.05) is 27.7 Å². The number of hydrogen-bond donors (Lipinski definition) is 1.